The number of likely N-dealkylation sites (tertiary alicyclic amines) is 1. The van der Waals surface area contributed by atoms with Gasteiger partial charge in [-0.1, -0.05) is 13.0 Å². The van der Waals surface area contributed by atoms with Gasteiger partial charge in [0.1, 0.15) is 0 Å². The second-order valence-corrected chi connectivity index (χ2v) is 6.56. The van der Waals surface area contributed by atoms with E-state index in [4.69, 9.17) is 0 Å². The molecule has 3 rings (SSSR count). The Kier molecular flexibility index (Phi) is 4.81. The number of carbonyl (C=O) groups excluding carboxylic acids is 1. The minimum atomic E-state index is -0.0891. The van der Waals surface area contributed by atoms with Crippen molar-refractivity contribution in [3.63, 3.8) is 0 Å². The number of rotatable bonds is 3. The summed E-state index contributed by atoms with van der Waals surface area (Å²) in [6.45, 7) is 4.14. The Labute approximate surface area is 141 Å². The fraction of sp³-hybridized carbons (Fsp3) is 0.368. The van der Waals surface area contributed by atoms with E-state index in [9.17, 15) is 9.59 Å². The van der Waals surface area contributed by atoms with Crippen molar-refractivity contribution in [3.05, 3.63) is 64.6 Å². The Morgan fingerprint density at radius 2 is 1.92 bits per heavy atom. The van der Waals surface area contributed by atoms with E-state index in [0.717, 1.165) is 25.2 Å². The summed E-state index contributed by atoms with van der Waals surface area (Å²) in [6, 6.07) is 12.3. The SMILES string of the molecule is C[C@@H]1CCN(C)C[C@@H]1NC(=O)c1ccc(-n2ccccc2=O)cc1. The molecule has 1 aliphatic heterocycles. The number of hydrogen-bond acceptors (Lipinski definition) is 3. The molecule has 1 aromatic heterocycles. The second-order valence-electron chi connectivity index (χ2n) is 6.56. The first kappa shape index (κ1) is 16.5. The summed E-state index contributed by atoms with van der Waals surface area (Å²) in [5, 5.41) is 3.14. The number of pyridine rings is 1. The molecule has 0 radical (unpaired) electrons. The van der Waals surface area contributed by atoms with Crippen LogP contribution in [0.15, 0.2) is 53.5 Å². The first-order valence-corrected chi connectivity index (χ1v) is 8.32. The average Bonchev–Trinajstić information content (AvgIpc) is 2.59. The fourth-order valence-electron chi connectivity index (χ4n) is 3.09. The number of amides is 1. The zero-order valence-electron chi connectivity index (χ0n) is 14.1. The van der Waals surface area contributed by atoms with Gasteiger partial charge in [0.05, 0.1) is 0 Å². The molecule has 1 N–H and O–H groups in total. The van der Waals surface area contributed by atoms with E-state index >= 15 is 0 Å². The smallest absolute Gasteiger partial charge is 0.255 e. The molecule has 0 unspecified atom stereocenters. The molecular formula is C19H23N3O2. The summed E-state index contributed by atoms with van der Waals surface area (Å²) in [4.78, 5) is 26.6. The lowest BCUT2D eigenvalue weighted by molar-refractivity contribution is 0.0880. The van der Waals surface area contributed by atoms with E-state index in [0.29, 0.717) is 11.5 Å². The highest BCUT2D eigenvalue weighted by Crippen LogP contribution is 2.16. The number of nitrogens with zero attached hydrogens (tertiary/aromatic N) is 2. The van der Waals surface area contributed by atoms with Crippen molar-refractivity contribution < 1.29 is 4.79 Å². The summed E-state index contributed by atoms with van der Waals surface area (Å²) in [5.74, 6) is 0.418. The first-order chi connectivity index (χ1) is 11.5. The first-order valence-electron chi connectivity index (χ1n) is 8.32. The number of benzene rings is 1. The maximum Gasteiger partial charge on any atom is 0.255 e. The van der Waals surface area contributed by atoms with Crippen LogP contribution >= 0.6 is 0 Å². The second kappa shape index (κ2) is 7.01. The molecule has 5 nitrogen and oxygen atoms in total. The summed E-state index contributed by atoms with van der Waals surface area (Å²) in [5.41, 5.74) is 1.28. The highest BCUT2D eigenvalue weighted by molar-refractivity contribution is 5.94. The van der Waals surface area contributed by atoms with Crippen molar-refractivity contribution in [1.82, 2.24) is 14.8 Å². The maximum atomic E-state index is 12.5. The summed E-state index contributed by atoms with van der Waals surface area (Å²) in [6.07, 6.45) is 2.81. The topological polar surface area (TPSA) is 54.3 Å². The Balaban J connectivity index is 1.72. The zero-order valence-corrected chi connectivity index (χ0v) is 14.1. The van der Waals surface area contributed by atoms with E-state index in [1.165, 1.54) is 6.07 Å². The molecule has 5 heteroatoms. The molecule has 2 heterocycles. The largest absolute Gasteiger partial charge is 0.348 e. The third-order valence-corrected chi connectivity index (χ3v) is 4.71. The van der Waals surface area contributed by atoms with Crippen LogP contribution in [0.1, 0.15) is 23.7 Å². The lowest BCUT2D eigenvalue weighted by Gasteiger charge is -2.35. The van der Waals surface area contributed by atoms with Gasteiger partial charge in [0.25, 0.3) is 11.5 Å². The highest BCUT2D eigenvalue weighted by Gasteiger charge is 2.25. The van der Waals surface area contributed by atoms with Crippen LogP contribution in [0, 0.1) is 5.92 Å². The molecule has 0 saturated carbocycles. The quantitative estimate of drug-likeness (QED) is 0.938. The fourth-order valence-corrected chi connectivity index (χ4v) is 3.09. The molecular weight excluding hydrogens is 302 g/mol. The molecule has 1 aromatic carbocycles. The molecule has 126 valence electrons. The van der Waals surface area contributed by atoms with Crippen LogP contribution in [-0.2, 0) is 0 Å². The number of piperidine rings is 1. The van der Waals surface area contributed by atoms with Gasteiger partial charge < -0.3 is 10.2 Å². The molecule has 1 saturated heterocycles. The van der Waals surface area contributed by atoms with Gasteiger partial charge in [-0.25, -0.2) is 0 Å². The Bertz CT molecular complexity index is 767. The zero-order chi connectivity index (χ0) is 17.1. The normalized spacial score (nSPS) is 21.4. The molecule has 1 aliphatic rings. The minimum absolute atomic E-state index is 0.0610. The molecule has 2 aromatic rings. The van der Waals surface area contributed by atoms with E-state index in [-0.39, 0.29) is 17.5 Å². The number of nitrogens with one attached hydrogen (secondary N) is 1. The van der Waals surface area contributed by atoms with Crippen molar-refractivity contribution in [1.29, 1.82) is 0 Å². The van der Waals surface area contributed by atoms with Crippen LogP contribution in [0.5, 0.6) is 0 Å². The highest BCUT2D eigenvalue weighted by atomic mass is 16.1. The Morgan fingerprint density at radius 3 is 2.62 bits per heavy atom. The van der Waals surface area contributed by atoms with E-state index in [2.05, 4.69) is 24.2 Å². The maximum absolute atomic E-state index is 12.5. The minimum Gasteiger partial charge on any atom is -0.348 e. The van der Waals surface area contributed by atoms with Gasteiger partial charge in [0.2, 0.25) is 0 Å². The lowest BCUT2D eigenvalue weighted by Crippen LogP contribution is -2.50. The molecule has 0 bridgehead atoms. The molecule has 2 atom stereocenters. The number of likely N-dealkylation sites (N-methyl/N-ethyl adjacent to an activating group) is 1. The van der Waals surface area contributed by atoms with Gasteiger partial charge >= 0.3 is 0 Å². The summed E-state index contributed by atoms with van der Waals surface area (Å²) in [7, 11) is 2.08. The van der Waals surface area contributed by atoms with Gasteiger partial charge in [-0.2, -0.15) is 0 Å². The van der Waals surface area contributed by atoms with Crippen molar-refractivity contribution in [2.45, 2.75) is 19.4 Å². The van der Waals surface area contributed by atoms with Crippen LogP contribution in [0.25, 0.3) is 5.69 Å². The van der Waals surface area contributed by atoms with Crippen molar-refractivity contribution in [2.24, 2.45) is 5.92 Å². The predicted molar refractivity (Wildman–Crippen MR) is 94.6 cm³/mol. The molecule has 0 aliphatic carbocycles. The molecule has 24 heavy (non-hydrogen) atoms. The van der Waals surface area contributed by atoms with Crippen LogP contribution in [0.4, 0.5) is 0 Å². The third-order valence-electron chi connectivity index (χ3n) is 4.71. The number of carbonyl (C=O) groups is 1. The summed E-state index contributed by atoms with van der Waals surface area (Å²) < 4.78 is 1.56. The van der Waals surface area contributed by atoms with Crippen LogP contribution < -0.4 is 10.9 Å². The van der Waals surface area contributed by atoms with Gasteiger partial charge in [-0.15, -0.1) is 0 Å². The van der Waals surface area contributed by atoms with Gasteiger partial charge in [-0.05, 0) is 56.3 Å². The van der Waals surface area contributed by atoms with Gasteiger partial charge in [0.15, 0.2) is 0 Å². The molecule has 0 spiro atoms. The standard InChI is InChI=1S/C19H23N3O2/c1-14-10-12-21(2)13-17(14)20-19(24)15-6-8-16(9-7-15)22-11-4-3-5-18(22)23/h3-9,11,14,17H,10,12-13H2,1-2H3,(H,20,24)/t14-,17+/m1/s1. The Hall–Kier alpha value is -2.40. The van der Waals surface area contributed by atoms with E-state index in [1.807, 2.05) is 6.07 Å². The van der Waals surface area contributed by atoms with E-state index < -0.39 is 0 Å². The van der Waals surface area contributed by atoms with Gasteiger partial charge in [-0.3, -0.25) is 14.2 Å². The summed E-state index contributed by atoms with van der Waals surface area (Å²) >= 11 is 0. The van der Waals surface area contributed by atoms with Crippen molar-refractivity contribution in [2.75, 3.05) is 20.1 Å². The molecule has 1 fully saturated rings. The van der Waals surface area contributed by atoms with Crippen LogP contribution in [0.2, 0.25) is 0 Å². The predicted octanol–water partition coefficient (Wildman–Crippen LogP) is 1.91. The van der Waals surface area contributed by atoms with Crippen molar-refractivity contribution in [3.8, 4) is 5.69 Å². The average molecular weight is 325 g/mol. The Morgan fingerprint density at radius 1 is 1.17 bits per heavy atom. The van der Waals surface area contributed by atoms with Crippen LogP contribution in [0.3, 0.4) is 0 Å². The number of hydrogen-bond donors (Lipinski definition) is 1. The monoisotopic (exact) mass is 325 g/mol. The molecule has 1 amide bonds. The lowest BCUT2D eigenvalue weighted by atomic mass is 9.93. The number of aromatic nitrogens is 1. The van der Waals surface area contributed by atoms with Crippen LogP contribution in [-0.4, -0.2) is 41.6 Å². The van der Waals surface area contributed by atoms with Crippen molar-refractivity contribution >= 4 is 5.91 Å². The van der Waals surface area contributed by atoms with Gasteiger partial charge in [0, 0.05) is 36.1 Å². The third kappa shape index (κ3) is 3.57. The van der Waals surface area contributed by atoms with E-state index in [1.54, 1.807) is 41.1 Å².